The fourth-order valence-corrected chi connectivity index (χ4v) is 3.29. The summed E-state index contributed by atoms with van der Waals surface area (Å²) in [6.45, 7) is 1.83. The summed E-state index contributed by atoms with van der Waals surface area (Å²) in [5, 5.41) is 18.7. The quantitative estimate of drug-likeness (QED) is 0.614. The maximum absolute atomic E-state index is 9.13. The van der Waals surface area contributed by atoms with Crippen molar-refractivity contribution in [2.45, 2.75) is 17.3 Å². The average Bonchev–Trinajstić information content (AvgIpc) is 3.05. The Morgan fingerprint density at radius 3 is 2.52 bits per heavy atom. The van der Waals surface area contributed by atoms with E-state index in [-0.39, 0.29) is 5.25 Å². The number of rotatable bonds is 5. The number of aromatic nitrogens is 3. The molecule has 3 rings (SSSR count). The lowest BCUT2D eigenvalue weighted by Gasteiger charge is -2.12. The summed E-state index contributed by atoms with van der Waals surface area (Å²) in [5.74, 6) is 1.39. The fraction of sp³-hybridized carbons (Fsp3) is 0.167. The Morgan fingerprint density at radius 2 is 1.88 bits per heavy atom. The maximum atomic E-state index is 9.13. The molecule has 1 unspecified atom stereocenters. The Labute approximate surface area is 155 Å². The van der Waals surface area contributed by atoms with E-state index in [2.05, 4.69) is 16.3 Å². The monoisotopic (exact) mass is 370 g/mol. The molecule has 0 amide bonds. The van der Waals surface area contributed by atoms with Crippen LogP contribution in [0.15, 0.2) is 53.7 Å². The van der Waals surface area contributed by atoms with Crippen molar-refractivity contribution < 1.29 is 4.74 Å². The largest absolute Gasteiger partial charge is 0.497 e. The first-order chi connectivity index (χ1) is 12.1. The van der Waals surface area contributed by atoms with E-state index in [0.717, 1.165) is 17.0 Å². The van der Waals surface area contributed by atoms with Gasteiger partial charge in [0, 0.05) is 11.3 Å². The molecule has 0 aliphatic carbocycles. The highest BCUT2D eigenvalue weighted by Gasteiger charge is 2.19. The summed E-state index contributed by atoms with van der Waals surface area (Å²) in [5.41, 5.74) is 1.65. The second-order valence-electron chi connectivity index (χ2n) is 5.21. The number of methoxy groups -OCH3 is 1. The summed E-state index contributed by atoms with van der Waals surface area (Å²) in [7, 11) is 1.62. The van der Waals surface area contributed by atoms with Crippen molar-refractivity contribution >= 4 is 23.4 Å². The van der Waals surface area contributed by atoms with Gasteiger partial charge in [-0.15, -0.1) is 10.2 Å². The summed E-state index contributed by atoms with van der Waals surface area (Å²) in [4.78, 5) is 0. The molecule has 0 saturated carbocycles. The van der Waals surface area contributed by atoms with Crippen molar-refractivity contribution in [1.82, 2.24) is 14.8 Å². The van der Waals surface area contributed by atoms with E-state index in [1.54, 1.807) is 7.11 Å². The van der Waals surface area contributed by atoms with Crippen LogP contribution in [0.4, 0.5) is 0 Å². The Hall–Kier alpha value is -2.49. The van der Waals surface area contributed by atoms with E-state index in [9.17, 15) is 0 Å². The van der Waals surface area contributed by atoms with Crippen molar-refractivity contribution in [3.8, 4) is 28.9 Å². The van der Waals surface area contributed by atoms with Gasteiger partial charge in [0.1, 0.15) is 5.75 Å². The molecule has 1 aromatic heterocycles. The van der Waals surface area contributed by atoms with Crippen molar-refractivity contribution in [2.75, 3.05) is 7.11 Å². The number of halogens is 1. The molecule has 0 aliphatic heterocycles. The lowest BCUT2D eigenvalue weighted by atomic mass is 10.2. The van der Waals surface area contributed by atoms with Crippen LogP contribution in [0.3, 0.4) is 0 Å². The minimum Gasteiger partial charge on any atom is -0.497 e. The van der Waals surface area contributed by atoms with Gasteiger partial charge in [0.05, 0.1) is 23.5 Å². The molecule has 2 aromatic carbocycles. The van der Waals surface area contributed by atoms with Gasteiger partial charge in [0.15, 0.2) is 11.0 Å². The highest BCUT2D eigenvalue weighted by Crippen LogP contribution is 2.33. The number of hydrogen-bond donors (Lipinski definition) is 0. The van der Waals surface area contributed by atoms with E-state index in [4.69, 9.17) is 21.6 Å². The van der Waals surface area contributed by atoms with Crippen LogP contribution < -0.4 is 4.74 Å². The highest BCUT2D eigenvalue weighted by atomic mass is 35.5. The van der Waals surface area contributed by atoms with Crippen molar-refractivity contribution in [3.05, 3.63) is 53.6 Å². The van der Waals surface area contributed by atoms with Crippen molar-refractivity contribution in [1.29, 1.82) is 5.26 Å². The minimum absolute atomic E-state index is 0.250. The number of nitriles is 1. The number of thioether (sulfide) groups is 1. The molecular weight excluding hydrogens is 356 g/mol. The van der Waals surface area contributed by atoms with Gasteiger partial charge in [-0.1, -0.05) is 35.5 Å². The molecule has 3 aromatic rings. The zero-order chi connectivity index (χ0) is 17.8. The Balaban J connectivity index is 2.16. The van der Waals surface area contributed by atoms with E-state index >= 15 is 0 Å². The van der Waals surface area contributed by atoms with E-state index in [0.29, 0.717) is 16.0 Å². The molecular formula is C18H15ClN4OS. The highest BCUT2D eigenvalue weighted by molar-refractivity contribution is 8.00. The van der Waals surface area contributed by atoms with Gasteiger partial charge in [-0.05, 0) is 43.3 Å². The third-order valence-electron chi connectivity index (χ3n) is 3.54. The van der Waals surface area contributed by atoms with Crippen LogP contribution >= 0.6 is 23.4 Å². The van der Waals surface area contributed by atoms with E-state index in [1.807, 2.05) is 60.0 Å². The molecule has 1 heterocycles. The molecule has 7 heteroatoms. The van der Waals surface area contributed by atoms with Gasteiger partial charge in [-0.25, -0.2) is 0 Å². The minimum atomic E-state index is -0.250. The Morgan fingerprint density at radius 1 is 1.16 bits per heavy atom. The number of benzene rings is 2. The molecule has 0 aliphatic rings. The molecule has 0 spiro atoms. The summed E-state index contributed by atoms with van der Waals surface area (Å²) in [6, 6.07) is 17.3. The van der Waals surface area contributed by atoms with Crippen molar-refractivity contribution in [3.63, 3.8) is 0 Å². The van der Waals surface area contributed by atoms with Crippen LogP contribution in [0, 0.1) is 11.3 Å². The molecule has 25 heavy (non-hydrogen) atoms. The molecule has 0 fully saturated rings. The predicted molar refractivity (Wildman–Crippen MR) is 99.3 cm³/mol. The first-order valence-electron chi connectivity index (χ1n) is 7.55. The van der Waals surface area contributed by atoms with Gasteiger partial charge in [-0.3, -0.25) is 4.57 Å². The third kappa shape index (κ3) is 3.63. The molecule has 0 saturated heterocycles. The lowest BCUT2D eigenvalue weighted by molar-refractivity contribution is 0.414. The molecule has 126 valence electrons. The fourth-order valence-electron chi connectivity index (χ4n) is 2.31. The first-order valence-corrected chi connectivity index (χ1v) is 8.81. The average molecular weight is 371 g/mol. The van der Waals surface area contributed by atoms with Crippen LogP contribution in [0.5, 0.6) is 5.75 Å². The first kappa shape index (κ1) is 17.3. The predicted octanol–water partition coefficient (Wildman–Crippen LogP) is 4.60. The van der Waals surface area contributed by atoms with Gasteiger partial charge in [0.2, 0.25) is 0 Å². The molecule has 5 nitrogen and oxygen atoms in total. The van der Waals surface area contributed by atoms with Crippen LogP contribution in [0.25, 0.3) is 17.1 Å². The van der Waals surface area contributed by atoms with Gasteiger partial charge >= 0.3 is 0 Å². The third-order valence-corrected chi connectivity index (χ3v) is 4.81. The van der Waals surface area contributed by atoms with Crippen LogP contribution in [-0.4, -0.2) is 27.1 Å². The molecule has 0 radical (unpaired) electrons. The molecule has 0 bridgehead atoms. The second kappa shape index (κ2) is 7.60. The normalized spacial score (nSPS) is 11.8. The van der Waals surface area contributed by atoms with E-state index in [1.165, 1.54) is 11.8 Å². The van der Waals surface area contributed by atoms with Crippen molar-refractivity contribution in [2.24, 2.45) is 0 Å². The Kier molecular flexibility index (Phi) is 5.27. The van der Waals surface area contributed by atoms with E-state index < -0.39 is 0 Å². The van der Waals surface area contributed by atoms with Crippen LogP contribution in [-0.2, 0) is 0 Å². The Bertz CT molecular complexity index is 918. The standard InChI is InChI=1S/C18H15ClN4OS/c1-12(11-20)25-18-22-21-17(15-5-3-4-6-16(15)19)23(18)13-7-9-14(24-2)10-8-13/h3-10,12H,1-2H3. The second-order valence-corrected chi connectivity index (χ2v) is 6.92. The molecule has 0 N–H and O–H groups in total. The topological polar surface area (TPSA) is 63.7 Å². The summed E-state index contributed by atoms with van der Waals surface area (Å²) >= 11 is 7.70. The SMILES string of the molecule is COc1ccc(-n2c(SC(C)C#N)nnc2-c2ccccc2Cl)cc1. The zero-order valence-electron chi connectivity index (χ0n) is 13.7. The summed E-state index contributed by atoms with van der Waals surface area (Å²) < 4.78 is 7.12. The van der Waals surface area contributed by atoms with Gasteiger partial charge in [0.25, 0.3) is 0 Å². The van der Waals surface area contributed by atoms with Crippen LogP contribution in [0.1, 0.15) is 6.92 Å². The zero-order valence-corrected chi connectivity index (χ0v) is 15.3. The van der Waals surface area contributed by atoms with Gasteiger partial charge in [-0.2, -0.15) is 5.26 Å². The number of hydrogen-bond acceptors (Lipinski definition) is 5. The molecule has 1 atom stereocenters. The summed E-state index contributed by atoms with van der Waals surface area (Å²) in [6.07, 6.45) is 0. The number of nitrogens with zero attached hydrogens (tertiary/aromatic N) is 4. The number of ether oxygens (including phenoxy) is 1. The smallest absolute Gasteiger partial charge is 0.197 e. The van der Waals surface area contributed by atoms with Gasteiger partial charge < -0.3 is 4.74 Å². The maximum Gasteiger partial charge on any atom is 0.197 e. The van der Waals surface area contributed by atoms with Crippen LogP contribution in [0.2, 0.25) is 5.02 Å². The lowest BCUT2D eigenvalue weighted by Crippen LogP contribution is -2.02.